The maximum atomic E-state index is 13.0. The van der Waals surface area contributed by atoms with Crippen molar-refractivity contribution >= 4 is 28.2 Å². The number of rotatable bonds is 10. The molecule has 1 atom stereocenters. The molecule has 0 saturated heterocycles. The summed E-state index contributed by atoms with van der Waals surface area (Å²) in [6.07, 6.45) is 1.47. The van der Waals surface area contributed by atoms with E-state index in [4.69, 9.17) is 9.84 Å². The second-order valence-corrected chi connectivity index (χ2v) is 8.78. The van der Waals surface area contributed by atoms with Gasteiger partial charge in [-0.15, -0.1) is 0 Å². The van der Waals surface area contributed by atoms with E-state index in [1.54, 1.807) is 31.4 Å². The van der Waals surface area contributed by atoms with Crippen molar-refractivity contribution in [3.63, 3.8) is 0 Å². The minimum Gasteiger partial charge on any atom is -0.497 e. The van der Waals surface area contributed by atoms with E-state index < -0.39 is 5.97 Å². The summed E-state index contributed by atoms with van der Waals surface area (Å²) >= 11 is 0. The Balaban J connectivity index is 1.45. The highest BCUT2D eigenvalue weighted by atomic mass is 16.5. The molecule has 0 heterocycles. The molecule has 0 bridgehead atoms. The van der Waals surface area contributed by atoms with Gasteiger partial charge < -0.3 is 15.2 Å². The number of nitrogens with one attached hydrogen (secondary N) is 1. The molecule has 5 nitrogen and oxygen atoms in total. The van der Waals surface area contributed by atoms with Crippen molar-refractivity contribution in [2.45, 2.75) is 32.2 Å². The summed E-state index contributed by atoms with van der Waals surface area (Å²) in [4.78, 5) is 24.2. The Morgan fingerprint density at radius 1 is 0.886 bits per heavy atom. The lowest BCUT2D eigenvalue weighted by molar-refractivity contribution is -0.119. The SMILES string of the molecule is COc1ccc2cc(CCC(=O)CC(Nc3ccc(C(=O)O)cc3)c3ccc(C)cc3)ccc2c1. The van der Waals surface area contributed by atoms with E-state index in [1.807, 2.05) is 49.4 Å². The number of methoxy groups -OCH3 is 1. The third kappa shape index (κ3) is 6.27. The third-order valence-electron chi connectivity index (χ3n) is 6.19. The molecule has 0 aromatic heterocycles. The summed E-state index contributed by atoms with van der Waals surface area (Å²) in [6, 6.07) is 26.8. The lowest BCUT2D eigenvalue weighted by atomic mass is 9.96. The van der Waals surface area contributed by atoms with Crippen LogP contribution in [0.3, 0.4) is 0 Å². The number of anilines is 1. The lowest BCUT2D eigenvalue weighted by Crippen LogP contribution is -2.16. The molecule has 4 rings (SSSR count). The smallest absolute Gasteiger partial charge is 0.335 e. The minimum absolute atomic E-state index is 0.167. The normalized spacial score (nSPS) is 11.7. The molecular formula is C30H29NO4. The van der Waals surface area contributed by atoms with Gasteiger partial charge in [0, 0.05) is 18.5 Å². The van der Waals surface area contributed by atoms with Crippen molar-refractivity contribution < 1.29 is 19.4 Å². The average Bonchev–Trinajstić information content (AvgIpc) is 2.87. The number of aryl methyl sites for hydroxylation is 2. The Hall–Kier alpha value is -4.12. The van der Waals surface area contributed by atoms with E-state index in [-0.39, 0.29) is 17.4 Å². The largest absolute Gasteiger partial charge is 0.497 e. The number of carboxylic acid groups (broad SMARTS) is 1. The van der Waals surface area contributed by atoms with Crippen molar-refractivity contribution in [2.24, 2.45) is 0 Å². The summed E-state index contributed by atoms with van der Waals surface area (Å²) in [5, 5.41) is 14.8. The van der Waals surface area contributed by atoms with Crippen molar-refractivity contribution in [2.75, 3.05) is 12.4 Å². The van der Waals surface area contributed by atoms with E-state index in [1.165, 1.54) is 0 Å². The van der Waals surface area contributed by atoms with Gasteiger partial charge in [-0.1, -0.05) is 54.1 Å². The van der Waals surface area contributed by atoms with Crippen molar-refractivity contribution in [1.29, 1.82) is 0 Å². The van der Waals surface area contributed by atoms with Crippen molar-refractivity contribution in [1.82, 2.24) is 0 Å². The van der Waals surface area contributed by atoms with Crippen molar-refractivity contribution in [3.05, 3.63) is 107 Å². The van der Waals surface area contributed by atoms with Gasteiger partial charge in [0.05, 0.1) is 18.7 Å². The molecule has 5 heteroatoms. The fraction of sp³-hybridized carbons (Fsp3) is 0.200. The highest BCUT2D eigenvalue weighted by Gasteiger charge is 2.17. The van der Waals surface area contributed by atoms with Crippen LogP contribution in [0.1, 0.15) is 45.9 Å². The van der Waals surface area contributed by atoms with Crippen LogP contribution in [0.5, 0.6) is 5.75 Å². The summed E-state index contributed by atoms with van der Waals surface area (Å²) in [7, 11) is 1.66. The van der Waals surface area contributed by atoms with E-state index in [0.717, 1.165) is 38.9 Å². The van der Waals surface area contributed by atoms with E-state index in [9.17, 15) is 9.59 Å². The zero-order chi connectivity index (χ0) is 24.8. The predicted octanol–water partition coefficient (Wildman–Crippen LogP) is 6.60. The second kappa shape index (κ2) is 10.9. The Kier molecular flexibility index (Phi) is 7.46. The molecule has 0 fully saturated rings. The van der Waals surface area contributed by atoms with Crippen LogP contribution >= 0.6 is 0 Å². The minimum atomic E-state index is -0.963. The van der Waals surface area contributed by atoms with Crippen LogP contribution in [0.15, 0.2) is 84.9 Å². The lowest BCUT2D eigenvalue weighted by Gasteiger charge is -2.20. The molecule has 0 aliphatic rings. The Morgan fingerprint density at radius 2 is 1.57 bits per heavy atom. The van der Waals surface area contributed by atoms with Gasteiger partial charge in [-0.25, -0.2) is 4.79 Å². The first-order chi connectivity index (χ1) is 16.9. The van der Waals surface area contributed by atoms with Crippen LogP contribution in [0.4, 0.5) is 5.69 Å². The number of hydrogen-bond acceptors (Lipinski definition) is 4. The number of ketones is 1. The number of carbonyl (C=O) groups excluding carboxylic acids is 1. The van der Waals surface area contributed by atoms with Gasteiger partial charge in [0.1, 0.15) is 11.5 Å². The standard InChI is InChI=1S/C30H29NO4/c1-20-3-7-22(8-4-20)29(31-26-13-10-23(11-14-26)30(33)34)19-27(32)15-6-21-5-9-25-18-28(35-2)16-12-24(25)17-21/h3-5,7-14,16-18,29,31H,6,15,19H2,1-2H3,(H,33,34). The van der Waals surface area contributed by atoms with E-state index >= 15 is 0 Å². The number of aromatic carboxylic acids is 1. The molecular weight excluding hydrogens is 438 g/mol. The maximum absolute atomic E-state index is 13.0. The second-order valence-electron chi connectivity index (χ2n) is 8.78. The average molecular weight is 468 g/mol. The molecule has 0 spiro atoms. The van der Waals surface area contributed by atoms with Gasteiger partial charge in [0.2, 0.25) is 0 Å². The molecule has 0 amide bonds. The first kappa shape index (κ1) is 24.0. The molecule has 178 valence electrons. The number of benzene rings is 4. The topological polar surface area (TPSA) is 75.6 Å². The molecule has 2 N–H and O–H groups in total. The zero-order valence-electron chi connectivity index (χ0n) is 20.0. The number of ether oxygens (including phenoxy) is 1. The van der Waals surface area contributed by atoms with Gasteiger partial charge in [-0.3, -0.25) is 4.79 Å². The summed E-state index contributed by atoms with van der Waals surface area (Å²) in [6.45, 7) is 2.03. The molecule has 4 aromatic rings. The molecule has 4 aromatic carbocycles. The van der Waals surface area contributed by atoms with Crippen LogP contribution in [0.2, 0.25) is 0 Å². The number of carbonyl (C=O) groups is 2. The molecule has 1 unspecified atom stereocenters. The van der Waals surface area contributed by atoms with E-state index in [0.29, 0.717) is 19.3 Å². The molecule has 0 radical (unpaired) electrons. The van der Waals surface area contributed by atoms with Crippen LogP contribution in [0, 0.1) is 6.92 Å². The first-order valence-electron chi connectivity index (χ1n) is 11.7. The van der Waals surface area contributed by atoms with Crippen LogP contribution in [0.25, 0.3) is 10.8 Å². The van der Waals surface area contributed by atoms with Gasteiger partial charge >= 0.3 is 5.97 Å². The Labute approximate surface area is 205 Å². The van der Waals surface area contributed by atoms with E-state index in [2.05, 4.69) is 23.5 Å². The number of carboxylic acids is 1. The van der Waals surface area contributed by atoms with Crippen LogP contribution in [-0.2, 0) is 11.2 Å². The highest BCUT2D eigenvalue weighted by Crippen LogP contribution is 2.26. The summed E-state index contributed by atoms with van der Waals surface area (Å²) < 4.78 is 5.29. The number of fused-ring (bicyclic) bond motifs is 1. The Morgan fingerprint density at radius 3 is 2.26 bits per heavy atom. The number of Topliss-reactive ketones (excluding diaryl/α,β-unsaturated/α-hetero) is 1. The van der Waals surface area contributed by atoms with Gasteiger partial charge in [-0.2, -0.15) is 0 Å². The first-order valence-corrected chi connectivity index (χ1v) is 11.7. The molecule has 35 heavy (non-hydrogen) atoms. The molecule has 0 saturated carbocycles. The predicted molar refractivity (Wildman–Crippen MR) is 139 cm³/mol. The van der Waals surface area contributed by atoms with Crippen LogP contribution in [-0.4, -0.2) is 24.0 Å². The highest BCUT2D eigenvalue weighted by molar-refractivity contribution is 5.88. The fourth-order valence-corrected chi connectivity index (χ4v) is 4.13. The molecule has 0 aliphatic heterocycles. The third-order valence-corrected chi connectivity index (χ3v) is 6.19. The summed E-state index contributed by atoms with van der Waals surface area (Å²) in [5.41, 5.74) is 4.30. The van der Waals surface area contributed by atoms with Gasteiger partial charge in [0.15, 0.2) is 0 Å². The quantitative estimate of drug-likeness (QED) is 0.275. The van der Waals surface area contributed by atoms with Gasteiger partial charge in [-0.05, 0) is 71.6 Å². The van der Waals surface area contributed by atoms with Gasteiger partial charge in [0.25, 0.3) is 0 Å². The molecule has 0 aliphatic carbocycles. The zero-order valence-corrected chi connectivity index (χ0v) is 20.0. The maximum Gasteiger partial charge on any atom is 0.335 e. The van der Waals surface area contributed by atoms with Crippen molar-refractivity contribution in [3.8, 4) is 5.75 Å². The number of hydrogen-bond donors (Lipinski definition) is 2. The van der Waals surface area contributed by atoms with Crippen LogP contribution < -0.4 is 10.1 Å². The summed E-state index contributed by atoms with van der Waals surface area (Å²) in [5.74, 6) is 0.0300. The Bertz CT molecular complexity index is 1330. The monoisotopic (exact) mass is 467 g/mol. The fourth-order valence-electron chi connectivity index (χ4n) is 4.13.